The van der Waals surface area contributed by atoms with Gasteiger partial charge in [0.1, 0.15) is 0 Å². The van der Waals surface area contributed by atoms with E-state index in [9.17, 15) is 0 Å². The summed E-state index contributed by atoms with van der Waals surface area (Å²) >= 11 is 16.2. The van der Waals surface area contributed by atoms with Crippen molar-refractivity contribution in [3.8, 4) is 22.5 Å². The van der Waals surface area contributed by atoms with Crippen LogP contribution in [0.15, 0.2) is 84.9 Å². The van der Waals surface area contributed by atoms with E-state index in [1.54, 1.807) is 0 Å². The summed E-state index contributed by atoms with van der Waals surface area (Å²) in [6, 6.07) is 29.5. The first kappa shape index (κ1) is 41.1. The summed E-state index contributed by atoms with van der Waals surface area (Å²) in [5, 5.41) is 3.46. The molecule has 0 atom stereocenters. The first-order chi connectivity index (χ1) is 23.6. The number of aryl methyl sites for hydroxylation is 6. The van der Waals surface area contributed by atoms with Crippen LogP contribution >= 0.6 is 43.0 Å². The number of hydrogen-bond donors (Lipinski definition) is 0. The maximum atomic E-state index is 6.37. The average molecular weight is 855 g/mol. The number of hydrogen-bond acceptors (Lipinski definition) is 2. The summed E-state index contributed by atoms with van der Waals surface area (Å²) in [6.45, 7) is 18.5. The van der Waals surface area contributed by atoms with Gasteiger partial charge >= 0.3 is 34.5 Å². The fraction of sp³-hybridized carbons (Fsp3) is 0.279. The molecule has 0 aliphatic rings. The Morgan fingerprint density at radius 3 is 1.49 bits per heavy atom. The van der Waals surface area contributed by atoms with Crippen LogP contribution in [0.3, 0.4) is 0 Å². The van der Waals surface area contributed by atoms with Crippen LogP contribution in [0.2, 0.25) is 10.0 Å². The van der Waals surface area contributed by atoms with Gasteiger partial charge in [0.2, 0.25) is 0 Å². The van der Waals surface area contributed by atoms with Crippen LogP contribution < -0.4 is 0 Å². The summed E-state index contributed by atoms with van der Waals surface area (Å²) < 4.78 is 0. The van der Waals surface area contributed by atoms with E-state index in [0.29, 0.717) is 10.0 Å². The molecule has 0 N–H and O–H groups in total. The number of pyridine rings is 2. The molecule has 0 spiro atoms. The van der Waals surface area contributed by atoms with E-state index in [1.807, 2.05) is 31.2 Å². The van der Waals surface area contributed by atoms with Gasteiger partial charge in [-0.1, -0.05) is 109 Å². The van der Waals surface area contributed by atoms with Crippen LogP contribution in [0, 0.1) is 34.6 Å². The van der Waals surface area contributed by atoms with Crippen molar-refractivity contribution < 1.29 is 14.8 Å². The number of benzene rings is 4. The molecule has 0 amide bonds. The third kappa shape index (κ3) is 11.3. The maximum absolute atomic E-state index is 6.37. The molecule has 4 aromatic carbocycles. The summed E-state index contributed by atoms with van der Waals surface area (Å²) in [5.74, 6) is 0. The Balaban J connectivity index is 0.000000238. The van der Waals surface area contributed by atoms with Gasteiger partial charge in [-0.2, -0.15) is 6.42 Å². The zero-order valence-electron chi connectivity index (χ0n) is 30.1. The minimum atomic E-state index is 0.631. The Morgan fingerprint density at radius 2 is 1.00 bits per heavy atom. The molecule has 252 valence electrons. The second-order valence-corrected chi connectivity index (χ2v) is 13.2. The van der Waals surface area contributed by atoms with E-state index < -0.39 is 0 Å². The molecule has 0 fully saturated rings. The van der Waals surface area contributed by atoms with Crippen LogP contribution in [-0.4, -0.2) is 9.97 Å². The second kappa shape index (κ2) is 20.5. The molecule has 0 unspecified atom stereocenters. The molecule has 0 bridgehead atoms. The molecule has 6 rings (SSSR count). The Hall–Kier alpha value is -2.37. The zero-order valence-corrected chi connectivity index (χ0v) is 36.7. The number of fused-ring (bicyclic) bond motifs is 2. The van der Waals surface area contributed by atoms with Crippen LogP contribution in [-0.2, 0) is 27.6 Å². The molecule has 2 nitrogen and oxygen atoms in total. The first-order valence-corrected chi connectivity index (χ1v) is 26.8. The van der Waals surface area contributed by atoms with Crippen molar-refractivity contribution in [2.24, 2.45) is 0 Å². The summed E-state index contributed by atoms with van der Waals surface area (Å²) in [6.07, 6.45) is 5.56. The normalized spacial score (nSPS) is 10.5. The topological polar surface area (TPSA) is 25.8 Å². The molecule has 0 saturated heterocycles. The summed E-state index contributed by atoms with van der Waals surface area (Å²) in [7, 11) is 0. The molecule has 0 radical (unpaired) electrons. The molecule has 0 aliphatic carbocycles. The molecule has 6 heteroatoms. The monoisotopic (exact) mass is 852 g/mol. The van der Waals surface area contributed by atoms with Crippen molar-refractivity contribution >= 4 is 64.8 Å². The van der Waals surface area contributed by atoms with Gasteiger partial charge in [0, 0.05) is 21.9 Å². The van der Waals surface area contributed by atoms with Gasteiger partial charge in [-0.3, -0.25) is 0 Å². The van der Waals surface area contributed by atoms with Gasteiger partial charge in [0.25, 0.3) is 0 Å². The number of halogens is 3. The molecule has 0 aliphatic heterocycles. The van der Waals surface area contributed by atoms with Crippen molar-refractivity contribution in [3.05, 3.63) is 135 Å². The van der Waals surface area contributed by atoms with Crippen molar-refractivity contribution in [1.82, 2.24) is 9.97 Å². The van der Waals surface area contributed by atoms with Gasteiger partial charge in [0.15, 0.2) is 0 Å². The Bertz CT molecular complexity index is 1950. The summed E-state index contributed by atoms with van der Waals surface area (Å²) in [4.78, 5) is 9.69. The van der Waals surface area contributed by atoms with E-state index in [-0.39, 0.29) is 0 Å². The van der Waals surface area contributed by atoms with E-state index >= 15 is 0 Å². The molecule has 49 heavy (non-hydrogen) atoms. The predicted octanol–water partition coefficient (Wildman–Crippen LogP) is 14.4. The van der Waals surface area contributed by atoms with Gasteiger partial charge < -0.3 is 6.92 Å². The zero-order chi connectivity index (χ0) is 36.1. The number of nitrogens with zero attached hydrogens (tertiary/aromatic N) is 2. The van der Waals surface area contributed by atoms with E-state index in [2.05, 4.69) is 134 Å². The molecule has 6 aromatic rings. The van der Waals surface area contributed by atoms with Gasteiger partial charge in [-0.15, -0.1) is 0 Å². The summed E-state index contributed by atoms with van der Waals surface area (Å²) in [5.41, 5.74) is 14.1. The van der Waals surface area contributed by atoms with Gasteiger partial charge in [-0.05, 0) is 106 Å². The Kier molecular flexibility index (Phi) is 17.2. The first-order valence-electron chi connectivity index (χ1n) is 17.0. The van der Waals surface area contributed by atoms with E-state index in [1.165, 1.54) is 65.5 Å². The third-order valence-corrected chi connectivity index (χ3v) is 8.42. The molecular formula is C43H47Cl2IN2Zn. The quantitative estimate of drug-likeness (QED) is 0.0948. The van der Waals surface area contributed by atoms with E-state index in [4.69, 9.17) is 28.2 Å². The molecule has 0 saturated carbocycles. The van der Waals surface area contributed by atoms with Gasteiger partial charge in [0.05, 0.1) is 32.5 Å². The van der Waals surface area contributed by atoms with Crippen molar-refractivity contribution in [3.63, 3.8) is 0 Å². The number of rotatable bonds is 6. The molecular weight excluding hydrogens is 808 g/mol. The fourth-order valence-electron chi connectivity index (χ4n) is 6.13. The Labute approximate surface area is 325 Å². The van der Waals surface area contributed by atoms with Crippen molar-refractivity contribution in [1.29, 1.82) is 0 Å². The third-order valence-electron chi connectivity index (χ3n) is 7.81. The Morgan fingerprint density at radius 1 is 0.571 bits per heavy atom. The van der Waals surface area contributed by atoms with Crippen LogP contribution in [0.25, 0.3) is 44.3 Å². The molecule has 2 heterocycles. The van der Waals surface area contributed by atoms with E-state index in [0.717, 1.165) is 59.1 Å². The van der Waals surface area contributed by atoms with Crippen molar-refractivity contribution in [2.75, 3.05) is 0 Å². The van der Waals surface area contributed by atoms with Crippen LogP contribution in [0.5, 0.6) is 0 Å². The minimum absolute atomic E-state index is 0.631. The van der Waals surface area contributed by atoms with Crippen LogP contribution in [0.1, 0.15) is 73.4 Å². The average Bonchev–Trinajstić information content (AvgIpc) is 3.05. The van der Waals surface area contributed by atoms with Crippen LogP contribution in [0.4, 0.5) is 0 Å². The van der Waals surface area contributed by atoms with Crippen molar-refractivity contribution in [2.45, 2.75) is 80.6 Å². The SMILES string of the molecule is CCCc1cccc2nc(-c3cc(C)cc(C)c3)cc(CCC)c12.Cc1cc(C)cc(-c2cc(Cl)c3c(Cl)cccc3n2)c1.[CH2-]CC.[Zn+][I]. The fourth-order valence-corrected chi connectivity index (χ4v) is 6.75. The molecule has 2 aromatic heterocycles. The number of aromatic nitrogens is 2. The predicted molar refractivity (Wildman–Crippen MR) is 221 cm³/mol. The standard InChI is InChI=1S/C23H27N.C17H13Cl2N.C3H7.HI.Zn/c1-5-8-18-10-7-11-21-23(18)19(9-6-2)15-22(24-21)20-13-16(3)12-17(4)14-20;1-10-6-11(2)8-12(7-10)16-9-14(19)17-13(18)4-3-5-15(17)20-16;1-3-2;;/h7,10-15H,5-6,8-9H2,1-4H3;3-9H,1-2H3;1,3H2,2H3;1H;/q;;-1;;+2/p-1. The second-order valence-electron chi connectivity index (χ2n) is 12.4. The van der Waals surface area contributed by atoms with Gasteiger partial charge in [-0.25, -0.2) is 9.97 Å².